The van der Waals surface area contributed by atoms with Gasteiger partial charge in [-0.05, 0) is 61.4 Å². The molecule has 1 aromatic heterocycles. The second-order valence-corrected chi connectivity index (χ2v) is 8.93. The van der Waals surface area contributed by atoms with E-state index in [1.54, 1.807) is 36.2 Å². The monoisotopic (exact) mass is 415 g/mol. The Morgan fingerprint density at radius 3 is 2.55 bits per heavy atom. The Bertz CT molecular complexity index is 1110. The SMILES string of the molecule is CN(CCCc1cc(-c2ccc(F)cc2)n[nH]1)C(=O)c1cccc(S(C)(=O)=O)c1. The van der Waals surface area contributed by atoms with Crippen LogP contribution in [0.25, 0.3) is 11.3 Å². The van der Waals surface area contributed by atoms with E-state index in [4.69, 9.17) is 0 Å². The number of hydrogen-bond acceptors (Lipinski definition) is 4. The first-order valence-electron chi connectivity index (χ1n) is 9.10. The lowest BCUT2D eigenvalue weighted by Gasteiger charge is -2.17. The highest BCUT2D eigenvalue weighted by atomic mass is 32.2. The molecule has 1 amide bonds. The second kappa shape index (κ2) is 8.57. The lowest BCUT2D eigenvalue weighted by molar-refractivity contribution is 0.0793. The Kier molecular flexibility index (Phi) is 6.12. The summed E-state index contributed by atoms with van der Waals surface area (Å²) in [4.78, 5) is 14.3. The van der Waals surface area contributed by atoms with Crippen molar-refractivity contribution in [2.75, 3.05) is 19.8 Å². The molecule has 0 bridgehead atoms. The third-order valence-corrected chi connectivity index (χ3v) is 5.68. The minimum absolute atomic E-state index is 0.127. The molecular formula is C21H22FN3O3S. The Morgan fingerprint density at radius 1 is 1.14 bits per heavy atom. The number of carbonyl (C=O) groups excluding carboxylic acids is 1. The number of aromatic amines is 1. The predicted octanol–water partition coefficient (Wildman–Crippen LogP) is 3.32. The van der Waals surface area contributed by atoms with Gasteiger partial charge in [-0.1, -0.05) is 6.07 Å². The molecule has 0 aliphatic rings. The normalized spacial score (nSPS) is 11.4. The second-order valence-electron chi connectivity index (χ2n) is 6.92. The van der Waals surface area contributed by atoms with Gasteiger partial charge in [-0.3, -0.25) is 9.89 Å². The average Bonchev–Trinajstić information content (AvgIpc) is 3.16. The molecule has 0 radical (unpaired) electrons. The lowest BCUT2D eigenvalue weighted by Crippen LogP contribution is -2.28. The van der Waals surface area contributed by atoms with E-state index in [0.29, 0.717) is 24.9 Å². The molecular weight excluding hydrogens is 393 g/mol. The third-order valence-electron chi connectivity index (χ3n) is 4.57. The number of amides is 1. The summed E-state index contributed by atoms with van der Waals surface area (Å²) in [6.45, 7) is 0.507. The van der Waals surface area contributed by atoms with Crippen molar-refractivity contribution in [3.05, 3.63) is 71.7 Å². The van der Waals surface area contributed by atoms with E-state index in [0.717, 1.165) is 23.2 Å². The minimum Gasteiger partial charge on any atom is -0.342 e. The Balaban J connectivity index is 1.57. The maximum absolute atomic E-state index is 13.0. The van der Waals surface area contributed by atoms with Crippen LogP contribution in [-0.4, -0.2) is 49.3 Å². The van der Waals surface area contributed by atoms with Gasteiger partial charge in [0.2, 0.25) is 0 Å². The van der Waals surface area contributed by atoms with Gasteiger partial charge in [-0.2, -0.15) is 5.10 Å². The zero-order chi connectivity index (χ0) is 21.0. The van der Waals surface area contributed by atoms with Gasteiger partial charge in [-0.25, -0.2) is 12.8 Å². The molecule has 2 aromatic carbocycles. The quantitative estimate of drug-likeness (QED) is 0.642. The van der Waals surface area contributed by atoms with Crippen molar-refractivity contribution < 1.29 is 17.6 Å². The molecule has 0 aliphatic heterocycles. The summed E-state index contributed by atoms with van der Waals surface area (Å²) in [5, 5.41) is 7.21. The van der Waals surface area contributed by atoms with E-state index in [2.05, 4.69) is 10.2 Å². The summed E-state index contributed by atoms with van der Waals surface area (Å²) in [6, 6.07) is 14.1. The van der Waals surface area contributed by atoms with Crippen LogP contribution >= 0.6 is 0 Å². The first-order valence-corrected chi connectivity index (χ1v) is 11.0. The standard InChI is InChI=1S/C21H22FN3O3S/c1-25(21(26)16-5-3-7-19(13-16)29(2,27)28)12-4-6-18-14-20(24-23-18)15-8-10-17(22)11-9-15/h3,5,7-11,13-14H,4,6,12H2,1-2H3,(H,23,24). The molecule has 0 spiro atoms. The summed E-state index contributed by atoms with van der Waals surface area (Å²) in [6.07, 6.45) is 2.51. The number of aromatic nitrogens is 2. The van der Waals surface area contributed by atoms with Crippen molar-refractivity contribution >= 4 is 15.7 Å². The number of H-pyrrole nitrogens is 1. The smallest absolute Gasteiger partial charge is 0.253 e. The Morgan fingerprint density at radius 2 is 1.86 bits per heavy atom. The molecule has 0 fully saturated rings. The van der Waals surface area contributed by atoms with E-state index in [1.807, 2.05) is 6.07 Å². The summed E-state index contributed by atoms with van der Waals surface area (Å²) in [7, 11) is -1.68. The van der Waals surface area contributed by atoms with Crippen molar-refractivity contribution in [2.24, 2.45) is 0 Å². The van der Waals surface area contributed by atoms with Crippen molar-refractivity contribution in [1.82, 2.24) is 15.1 Å². The van der Waals surface area contributed by atoms with Crippen LogP contribution in [0.3, 0.4) is 0 Å². The molecule has 29 heavy (non-hydrogen) atoms. The number of aryl methyl sites for hydroxylation is 1. The van der Waals surface area contributed by atoms with Gasteiger partial charge in [0.25, 0.3) is 5.91 Å². The topological polar surface area (TPSA) is 83.1 Å². The van der Waals surface area contributed by atoms with E-state index in [1.165, 1.54) is 24.3 Å². The van der Waals surface area contributed by atoms with Gasteiger partial charge in [0.1, 0.15) is 5.82 Å². The highest BCUT2D eigenvalue weighted by molar-refractivity contribution is 7.90. The third kappa shape index (κ3) is 5.29. The van der Waals surface area contributed by atoms with Crippen molar-refractivity contribution in [1.29, 1.82) is 0 Å². The summed E-state index contributed by atoms with van der Waals surface area (Å²) in [5.74, 6) is -0.522. The molecule has 6 nitrogen and oxygen atoms in total. The number of sulfone groups is 1. The number of rotatable bonds is 7. The molecule has 152 valence electrons. The molecule has 3 aromatic rings. The van der Waals surface area contributed by atoms with E-state index in [9.17, 15) is 17.6 Å². The molecule has 0 aliphatic carbocycles. The van der Waals surface area contributed by atoms with Crippen LogP contribution in [0.15, 0.2) is 59.5 Å². The minimum atomic E-state index is -3.36. The summed E-state index contributed by atoms with van der Waals surface area (Å²) < 4.78 is 36.4. The molecule has 1 N–H and O–H groups in total. The fraction of sp³-hybridized carbons (Fsp3) is 0.238. The van der Waals surface area contributed by atoms with Crippen molar-refractivity contribution in [3.8, 4) is 11.3 Å². The van der Waals surface area contributed by atoms with Crippen LogP contribution < -0.4 is 0 Å². The van der Waals surface area contributed by atoms with E-state index >= 15 is 0 Å². The van der Waals surface area contributed by atoms with Gasteiger partial charge < -0.3 is 4.90 Å². The molecule has 0 saturated carbocycles. The van der Waals surface area contributed by atoms with Gasteiger partial charge in [0, 0.05) is 36.7 Å². The highest BCUT2D eigenvalue weighted by Crippen LogP contribution is 2.19. The molecule has 8 heteroatoms. The zero-order valence-corrected chi connectivity index (χ0v) is 17.0. The molecule has 3 rings (SSSR count). The lowest BCUT2D eigenvalue weighted by atomic mass is 10.1. The summed E-state index contributed by atoms with van der Waals surface area (Å²) in [5.41, 5.74) is 2.83. The number of nitrogens with one attached hydrogen (secondary N) is 1. The van der Waals surface area contributed by atoms with Crippen LogP contribution in [0.4, 0.5) is 4.39 Å². The average molecular weight is 415 g/mol. The van der Waals surface area contributed by atoms with Gasteiger partial charge >= 0.3 is 0 Å². The number of carbonyl (C=O) groups is 1. The van der Waals surface area contributed by atoms with E-state index < -0.39 is 9.84 Å². The van der Waals surface area contributed by atoms with Gasteiger partial charge in [0.05, 0.1) is 10.6 Å². The summed E-state index contributed by atoms with van der Waals surface area (Å²) >= 11 is 0. The van der Waals surface area contributed by atoms with Crippen molar-refractivity contribution in [3.63, 3.8) is 0 Å². The highest BCUT2D eigenvalue weighted by Gasteiger charge is 2.15. The zero-order valence-electron chi connectivity index (χ0n) is 16.2. The Labute approximate surface area is 169 Å². The van der Waals surface area contributed by atoms with Gasteiger partial charge in [0.15, 0.2) is 9.84 Å². The van der Waals surface area contributed by atoms with Gasteiger partial charge in [-0.15, -0.1) is 0 Å². The maximum atomic E-state index is 13.0. The fourth-order valence-corrected chi connectivity index (χ4v) is 3.61. The number of nitrogens with zero attached hydrogens (tertiary/aromatic N) is 2. The molecule has 0 saturated heterocycles. The Hall–Kier alpha value is -3.00. The largest absolute Gasteiger partial charge is 0.342 e. The fourth-order valence-electron chi connectivity index (χ4n) is 2.95. The van der Waals surface area contributed by atoms with Crippen LogP contribution in [-0.2, 0) is 16.3 Å². The molecule has 0 atom stereocenters. The first-order chi connectivity index (χ1) is 13.7. The van der Waals surface area contributed by atoms with Crippen LogP contribution in [0, 0.1) is 5.82 Å². The first kappa shape index (κ1) is 20.7. The molecule has 0 unspecified atom stereocenters. The number of hydrogen-bond donors (Lipinski definition) is 1. The van der Waals surface area contributed by atoms with Crippen LogP contribution in [0.1, 0.15) is 22.5 Å². The molecule has 1 heterocycles. The predicted molar refractivity (Wildman–Crippen MR) is 109 cm³/mol. The van der Waals surface area contributed by atoms with Crippen LogP contribution in [0.5, 0.6) is 0 Å². The number of halogens is 1. The van der Waals surface area contributed by atoms with E-state index in [-0.39, 0.29) is 16.6 Å². The number of benzene rings is 2. The van der Waals surface area contributed by atoms with Crippen LogP contribution in [0.2, 0.25) is 0 Å². The maximum Gasteiger partial charge on any atom is 0.253 e. The van der Waals surface area contributed by atoms with Crippen molar-refractivity contribution in [2.45, 2.75) is 17.7 Å².